The molecule has 1 saturated carbocycles. The molecule has 4 nitrogen and oxygen atoms in total. The van der Waals surface area contributed by atoms with Crippen LogP contribution in [-0.4, -0.2) is 17.6 Å². The first kappa shape index (κ1) is 23.7. The minimum absolute atomic E-state index is 0.0164. The van der Waals surface area contributed by atoms with E-state index in [1.54, 1.807) is 6.07 Å². The summed E-state index contributed by atoms with van der Waals surface area (Å²) < 4.78 is 13.2. The Labute approximate surface area is 167 Å². The van der Waals surface area contributed by atoms with Gasteiger partial charge in [0.25, 0.3) is 0 Å². The molecule has 2 fully saturated rings. The molecule has 1 aliphatic carbocycles. The Bertz CT molecular complexity index is 719. The SMILES string of the molecule is CC.CC1CCC(=O)NC1=O.CCCC(=O)c1ccc(F)cc1C=C1CCC1. The van der Waals surface area contributed by atoms with Gasteiger partial charge in [-0.05, 0) is 55.9 Å². The molecule has 154 valence electrons. The van der Waals surface area contributed by atoms with E-state index >= 15 is 0 Å². The number of ketones is 1. The molecule has 0 bridgehead atoms. The Morgan fingerprint density at radius 3 is 2.39 bits per heavy atom. The largest absolute Gasteiger partial charge is 0.296 e. The number of hydrogen-bond acceptors (Lipinski definition) is 3. The highest BCUT2D eigenvalue weighted by Crippen LogP contribution is 2.29. The van der Waals surface area contributed by atoms with Crippen molar-refractivity contribution >= 4 is 23.7 Å². The first-order valence-electron chi connectivity index (χ1n) is 10.3. The van der Waals surface area contributed by atoms with E-state index in [0.29, 0.717) is 24.8 Å². The predicted molar refractivity (Wildman–Crippen MR) is 110 cm³/mol. The van der Waals surface area contributed by atoms with Crippen LogP contribution in [0.2, 0.25) is 0 Å². The zero-order chi connectivity index (χ0) is 21.1. The third kappa shape index (κ3) is 7.37. The number of rotatable bonds is 4. The topological polar surface area (TPSA) is 63.2 Å². The van der Waals surface area contributed by atoms with Crippen LogP contribution >= 0.6 is 0 Å². The Kier molecular flexibility index (Phi) is 10.4. The van der Waals surface area contributed by atoms with Crippen molar-refractivity contribution in [3.05, 3.63) is 40.7 Å². The lowest BCUT2D eigenvalue weighted by Gasteiger charge is -2.16. The fraction of sp³-hybridized carbons (Fsp3) is 0.522. The average Bonchev–Trinajstić information content (AvgIpc) is 2.64. The summed E-state index contributed by atoms with van der Waals surface area (Å²) in [6.45, 7) is 7.80. The van der Waals surface area contributed by atoms with Crippen molar-refractivity contribution < 1.29 is 18.8 Å². The monoisotopic (exact) mass is 389 g/mol. The van der Waals surface area contributed by atoms with E-state index in [9.17, 15) is 18.8 Å². The van der Waals surface area contributed by atoms with Crippen LogP contribution in [0.15, 0.2) is 23.8 Å². The number of hydrogen-bond donors (Lipinski definition) is 1. The van der Waals surface area contributed by atoms with Gasteiger partial charge < -0.3 is 0 Å². The Morgan fingerprint density at radius 2 is 1.89 bits per heavy atom. The number of halogens is 1. The molecule has 5 heteroatoms. The van der Waals surface area contributed by atoms with Gasteiger partial charge in [0, 0.05) is 24.3 Å². The van der Waals surface area contributed by atoms with Crippen molar-refractivity contribution in [1.29, 1.82) is 0 Å². The normalized spacial score (nSPS) is 17.9. The number of Topliss-reactive ketones (excluding diaryl/α,β-unsaturated/α-hetero) is 1. The van der Waals surface area contributed by atoms with Crippen LogP contribution in [0.5, 0.6) is 0 Å². The number of nitrogens with one attached hydrogen (secondary N) is 1. The van der Waals surface area contributed by atoms with Crippen molar-refractivity contribution in [2.24, 2.45) is 5.92 Å². The van der Waals surface area contributed by atoms with Crippen LogP contribution in [0.1, 0.15) is 88.6 Å². The Morgan fingerprint density at radius 1 is 1.21 bits per heavy atom. The lowest BCUT2D eigenvalue weighted by molar-refractivity contribution is -0.135. The van der Waals surface area contributed by atoms with Gasteiger partial charge in [-0.3, -0.25) is 19.7 Å². The van der Waals surface area contributed by atoms with Crippen LogP contribution in [0.4, 0.5) is 4.39 Å². The first-order valence-corrected chi connectivity index (χ1v) is 10.3. The summed E-state index contributed by atoms with van der Waals surface area (Å²) in [7, 11) is 0. The highest BCUT2D eigenvalue weighted by Gasteiger charge is 2.21. The van der Waals surface area contributed by atoms with Crippen LogP contribution in [-0.2, 0) is 9.59 Å². The molecule has 1 atom stereocenters. The van der Waals surface area contributed by atoms with Crippen molar-refractivity contribution in [3.8, 4) is 0 Å². The number of amides is 2. The average molecular weight is 390 g/mol. The van der Waals surface area contributed by atoms with Crippen molar-refractivity contribution in [2.75, 3.05) is 0 Å². The van der Waals surface area contributed by atoms with E-state index in [0.717, 1.165) is 24.8 Å². The van der Waals surface area contributed by atoms with Gasteiger partial charge in [-0.1, -0.05) is 39.3 Å². The molecule has 0 aromatic heterocycles. The molecule has 1 unspecified atom stereocenters. The maximum atomic E-state index is 13.2. The second kappa shape index (κ2) is 12.2. The molecule has 28 heavy (non-hydrogen) atoms. The lowest BCUT2D eigenvalue weighted by atomic mass is 9.89. The fourth-order valence-electron chi connectivity index (χ4n) is 2.82. The second-order valence-electron chi connectivity index (χ2n) is 6.91. The number of benzene rings is 1. The summed E-state index contributed by atoms with van der Waals surface area (Å²) >= 11 is 0. The molecule has 2 aliphatic rings. The maximum Gasteiger partial charge on any atom is 0.229 e. The number of imide groups is 1. The van der Waals surface area contributed by atoms with Gasteiger partial charge in [0.1, 0.15) is 5.82 Å². The van der Waals surface area contributed by atoms with Crippen molar-refractivity contribution in [3.63, 3.8) is 0 Å². The standard InChI is InChI=1S/C15H17FO.C6H9NO2.C2H6/c1-2-4-15(17)14-8-7-13(16)10-12(14)9-11-5-3-6-11;1-4-2-3-5(8)7-6(4)9;1-2/h7-10H,2-6H2,1H3;4H,2-3H2,1H3,(H,7,8,9);1-2H3. The number of allylic oxidation sites excluding steroid dienone is 1. The second-order valence-corrected chi connectivity index (χ2v) is 6.91. The third-order valence-electron chi connectivity index (χ3n) is 4.66. The van der Waals surface area contributed by atoms with Gasteiger partial charge in [-0.15, -0.1) is 0 Å². The summed E-state index contributed by atoms with van der Waals surface area (Å²) in [6.07, 6.45) is 7.90. The van der Waals surface area contributed by atoms with E-state index < -0.39 is 0 Å². The van der Waals surface area contributed by atoms with Gasteiger partial charge in [-0.2, -0.15) is 0 Å². The van der Waals surface area contributed by atoms with Crippen LogP contribution < -0.4 is 5.32 Å². The highest BCUT2D eigenvalue weighted by atomic mass is 19.1. The summed E-state index contributed by atoms with van der Waals surface area (Å²) in [4.78, 5) is 33.1. The minimum atomic E-state index is -0.274. The molecule has 0 radical (unpaired) electrons. The van der Waals surface area contributed by atoms with Gasteiger partial charge in [-0.25, -0.2) is 4.39 Å². The summed E-state index contributed by atoms with van der Waals surface area (Å²) in [5.74, 6) is -0.421. The Hall–Kier alpha value is -2.30. The van der Waals surface area contributed by atoms with Crippen LogP contribution in [0.3, 0.4) is 0 Å². The van der Waals surface area contributed by atoms with Gasteiger partial charge >= 0.3 is 0 Å². The molecule has 1 saturated heterocycles. The molecule has 1 heterocycles. The molecule has 3 rings (SSSR count). The van der Waals surface area contributed by atoms with Gasteiger partial charge in [0.15, 0.2) is 5.78 Å². The van der Waals surface area contributed by atoms with Gasteiger partial charge in [0.05, 0.1) is 0 Å². The maximum absolute atomic E-state index is 13.2. The molecular formula is C23H32FNO3. The summed E-state index contributed by atoms with van der Waals surface area (Å²) in [5.41, 5.74) is 2.73. The van der Waals surface area contributed by atoms with Gasteiger partial charge in [0.2, 0.25) is 11.8 Å². The Balaban J connectivity index is 0.000000301. The molecule has 0 spiro atoms. The smallest absolute Gasteiger partial charge is 0.229 e. The molecule has 2 amide bonds. The predicted octanol–water partition coefficient (Wildman–Crippen LogP) is 5.46. The molecule has 1 N–H and O–H groups in total. The lowest BCUT2D eigenvalue weighted by Crippen LogP contribution is -2.39. The number of carbonyl (C=O) groups is 3. The summed E-state index contributed by atoms with van der Waals surface area (Å²) in [5, 5.41) is 2.25. The molecule has 1 aromatic carbocycles. The van der Waals surface area contributed by atoms with Crippen LogP contribution in [0, 0.1) is 11.7 Å². The zero-order valence-electron chi connectivity index (χ0n) is 17.4. The fourth-order valence-corrected chi connectivity index (χ4v) is 2.82. The van der Waals surface area contributed by atoms with E-state index in [-0.39, 0.29) is 29.3 Å². The number of piperidine rings is 1. The van der Waals surface area contributed by atoms with Crippen LogP contribution in [0.25, 0.3) is 6.08 Å². The van der Waals surface area contributed by atoms with E-state index in [1.165, 1.54) is 24.1 Å². The van der Waals surface area contributed by atoms with E-state index in [4.69, 9.17) is 0 Å². The third-order valence-corrected chi connectivity index (χ3v) is 4.66. The van der Waals surface area contributed by atoms with E-state index in [2.05, 4.69) is 5.32 Å². The number of carbonyl (C=O) groups excluding carboxylic acids is 3. The van der Waals surface area contributed by atoms with Crippen molar-refractivity contribution in [1.82, 2.24) is 5.32 Å². The molecule has 1 aliphatic heterocycles. The highest BCUT2D eigenvalue weighted by molar-refractivity contribution is 5.99. The summed E-state index contributed by atoms with van der Waals surface area (Å²) in [6, 6.07) is 4.44. The molecule has 1 aromatic rings. The quantitative estimate of drug-likeness (QED) is 0.549. The minimum Gasteiger partial charge on any atom is -0.296 e. The first-order chi connectivity index (χ1) is 13.4. The van der Waals surface area contributed by atoms with E-state index in [1.807, 2.05) is 33.8 Å². The molecular weight excluding hydrogens is 357 g/mol. The zero-order valence-corrected chi connectivity index (χ0v) is 17.4. The van der Waals surface area contributed by atoms with Crippen molar-refractivity contribution in [2.45, 2.75) is 72.6 Å².